The van der Waals surface area contributed by atoms with Crippen LogP contribution in [0.2, 0.25) is 0 Å². The standard InChI is InChI=1S/C27H35FN4O5/c28-19-11-20(22-15-32(26(35)21(22)12-19)23-5-6-24(33)30-25(23)34)18-7-9-31(10-8-18)14-17-3-1-16(2-4-17)13-29-27(36)37/h11-12,16-18,23,29H,1-10,13-15H2,(H,36,37)(H,30,33,34). The first-order valence-corrected chi connectivity index (χ1v) is 13.4. The third-order valence-corrected chi connectivity index (χ3v) is 8.71. The molecule has 37 heavy (non-hydrogen) atoms. The highest BCUT2D eigenvalue weighted by Crippen LogP contribution is 2.38. The van der Waals surface area contributed by atoms with Gasteiger partial charge in [-0.3, -0.25) is 19.7 Å². The number of nitrogens with zero attached hydrogens (tertiary/aromatic N) is 2. The lowest BCUT2D eigenvalue weighted by Gasteiger charge is -2.37. The van der Waals surface area contributed by atoms with E-state index in [0.29, 0.717) is 30.4 Å². The van der Waals surface area contributed by atoms with Crippen LogP contribution >= 0.6 is 0 Å². The van der Waals surface area contributed by atoms with Gasteiger partial charge in [-0.05, 0) is 99.0 Å². The molecular weight excluding hydrogens is 479 g/mol. The summed E-state index contributed by atoms with van der Waals surface area (Å²) in [4.78, 5) is 51.8. The molecule has 0 bridgehead atoms. The zero-order valence-electron chi connectivity index (χ0n) is 21.0. The zero-order chi connectivity index (χ0) is 26.1. The zero-order valence-corrected chi connectivity index (χ0v) is 21.0. The third-order valence-electron chi connectivity index (χ3n) is 8.71. The molecule has 5 rings (SSSR count). The Kier molecular flexibility index (Phi) is 7.46. The molecule has 3 N–H and O–H groups in total. The van der Waals surface area contributed by atoms with E-state index >= 15 is 0 Å². The van der Waals surface area contributed by atoms with Gasteiger partial charge in [0.25, 0.3) is 5.91 Å². The van der Waals surface area contributed by atoms with Gasteiger partial charge in [0.2, 0.25) is 11.8 Å². The fraction of sp³-hybridized carbons (Fsp3) is 0.630. The van der Waals surface area contributed by atoms with Crippen LogP contribution in [0.4, 0.5) is 9.18 Å². The van der Waals surface area contributed by atoms with E-state index in [0.717, 1.165) is 69.3 Å². The van der Waals surface area contributed by atoms with Gasteiger partial charge in [-0.1, -0.05) is 0 Å². The molecule has 3 heterocycles. The molecule has 0 spiro atoms. The van der Waals surface area contributed by atoms with Crippen LogP contribution in [0.1, 0.15) is 78.8 Å². The summed E-state index contributed by atoms with van der Waals surface area (Å²) >= 11 is 0. The van der Waals surface area contributed by atoms with E-state index in [1.807, 2.05) is 0 Å². The topological polar surface area (TPSA) is 119 Å². The second-order valence-electron chi connectivity index (χ2n) is 11.1. The summed E-state index contributed by atoms with van der Waals surface area (Å²) < 4.78 is 14.6. The van der Waals surface area contributed by atoms with Crippen LogP contribution in [0, 0.1) is 17.7 Å². The molecule has 0 radical (unpaired) electrons. The summed E-state index contributed by atoms with van der Waals surface area (Å²) in [5.41, 5.74) is 2.04. The van der Waals surface area contributed by atoms with E-state index in [1.54, 1.807) is 6.07 Å². The number of carboxylic acid groups (broad SMARTS) is 1. The Balaban J connectivity index is 1.18. The highest BCUT2D eigenvalue weighted by Gasteiger charge is 2.41. The molecule has 0 aromatic heterocycles. The molecule has 1 aliphatic carbocycles. The van der Waals surface area contributed by atoms with Crippen molar-refractivity contribution in [1.82, 2.24) is 20.4 Å². The van der Waals surface area contributed by atoms with E-state index in [-0.39, 0.29) is 30.7 Å². The Hall–Kier alpha value is -3.01. The van der Waals surface area contributed by atoms with Crippen molar-refractivity contribution in [1.29, 1.82) is 0 Å². The normalized spacial score (nSPS) is 27.2. The van der Waals surface area contributed by atoms with Crippen molar-refractivity contribution in [2.24, 2.45) is 11.8 Å². The molecule has 3 fully saturated rings. The first kappa shape index (κ1) is 25.6. The van der Waals surface area contributed by atoms with Crippen molar-refractivity contribution in [3.63, 3.8) is 0 Å². The lowest BCUT2D eigenvalue weighted by molar-refractivity contribution is -0.136. The molecule has 2 saturated heterocycles. The van der Waals surface area contributed by atoms with Gasteiger partial charge in [0.05, 0.1) is 0 Å². The maximum absolute atomic E-state index is 14.6. The fourth-order valence-corrected chi connectivity index (χ4v) is 6.66. The number of benzene rings is 1. The Morgan fingerprint density at radius 2 is 1.73 bits per heavy atom. The van der Waals surface area contributed by atoms with Gasteiger partial charge < -0.3 is 20.2 Å². The van der Waals surface area contributed by atoms with E-state index in [1.165, 1.54) is 11.0 Å². The minimum atomic E-state index is -0.956. The summed E-state index contributed by atoms with van der Waals surface area (Å²) in [5, 5.41) is 13.6. The second kappa shape index (κ2) is 10.8. The predicted molar refractivity (Wildman–Crippen MR) is 132 cm³/mol. The number of rotatable bonds is 6. The Morgan fingerprint density at radius 1 is 1.03 bits per heavy atom. The summed E-state index contributed by atoms with van der Waals surface area (Å²) in [5.74, 6) is -0.341. The number of carbonyl (C=O) groups excluding carboxylic acids is 3. The number of nitrogens with one attached hydrogen (secondary N) is 2. The number of hydrogen-bond acceptors (Lipinski definition) is 5. The minimum absolute atomic E-state index is 0.160. The molecule has 10 heteroatoms. The summed E-state index contributed by atoms with van der Waals surface area (Å²) in [7, 11) is 0. The van der Waals surface area contributed by atoms with Gasteiger partial charge >= 0.3 is 6.09 Å². The average molecular weight is 515 g/mol. The molecular formula is C27H35FN4O5. The Labute approximate surface area is 215 Å². The van der Waals surface area contributed by atoms with Crippen LogP contribution in [0.5, 0.6) is 0 Å². The van der Waals surface area contributed by atoms with Gasteiger partial charge in [-0.2, -0.15) is 0 Å². The van der Waals surface area contributed by atoms with E-state index in [2.05, 4.69) is 15.5 Å². The summed E-state index contributed by atoms with van der Waals surface area (Å²) in [6.45, 7) is 3.68. The number of halogens is 1. The third kappa shape index (κ3) is 5.63. The maximum Gasteiger partial charge on any atom is 0.404 e. The van der Waals surface area contributed by atoms with Crippen LogP contribution in [0.3, 0.4) is 0 Å². The molecule has 1 saturated carbocycles. The number of amides is 4. The molecule has 1 aromatic carbocycles. The van der Waals surface area contributed by atoms with Crippen LogP contribution in [0.25, 0.3) is 0 Å². The quantitative estimate of drug-likeness (QED) is 0.503. The molecule has 4 aliphatic rings. The molecule has 3 aliphatic heterocycles. The van der Waals surface area contributed by atoms with Crippen LogP contribution in [-0.2, 0) is 16.1 Å². The molecule has 1 unspecified atom stereocenters. The highest BCUT2D eigenvalue weighted by atomic mass is 19.1. The van der Waals surface area contributed by atoms with Crippen molar-refractivity contribution >= 4 is 23.8 Å². The van der Waals surface area contributed by atoms with E-state index in [9.17, 15) is 23.6 Å². The highest BCUT2D eigenvalue weighted by molar-refractivity contribution is 6.05. The van der Waals surface area contributed by atoms with Gasteiger partial charge in [0.1, 0.15) is 11.9 Å². The van der Waals surface area contributed by atoms with Crippen molar-refractivity contribution < 1.29 is 28.7 Å². The Morgan fingerprint density at radius 3 is 2.41 bits per heavy atom. The fourth-order valence-electron chi connectivity index (χ4n) is 6.66. The number of piperidine rings is 2. The van der Waals surface area contributed by atoms with Crippen molar-refractivity contribution in [3.8, 4) is 0 Å². The van der Waals surface area contributed by atoms with Crippen molar-refractivity contribution in [2.45, 2.75) is 69.9 Å². The van der Waals surface area contributed by atoms with Gasteiger partial charge in [0, 0.05) is 31.6 Å². The molecule has 9 nitrogen and oxygen atoms in total. The smallest absolute Gasteiger partial charge is 0.404 e. The molecule has 200 valence electrons. The van der Waals surface area contributed by atoms with Gasteiger partial charge in [0.15, 0.2) is 0 Å². The first-order valence-electron chi connectivity index (χ1n) is 13.4. The van der Waals surface area contributed by atoms with Gasteiger partial charge in [-0.15, -0.1) is 0 Å². The first-order chi connectivity index (χ1) is 17.8. The van der Waals surface area contributed by atoms with Gasteiger partial charge in [-0.25, -0.2) is 9.18 Å². The summed E-state index contributed by atoms with van der Waals surface area (Å²) in [6.07, 6.45) is 5.63. The maximum atomic E-state index is 14.6. The van der Waals surface area contributed by atoms with Crippen LogP contribution in [0.15, 0.2) is 12.1 Å². The van der Waals surface area contributed by atoms with Crippen LogP contribution in [-0.4, -0.2) is 70.9 Å². The number of hydrogen-bond donors (Lipinski definition) is 3. The van der Waals surface area contributed by atoms with E-state index in [4.69, 9.17) is 5.11 Å². The number of likely N-dealkylation sites (tertiary alicyclic amines) is 1. The SMILES string of the molecule is O=C(O)NCC1CCC(CN2CCC(c3cc(F)cc4c3CN(C3CCC(=O)NC3=O)C4=O)CC2)CC1. The molecule has 1 atom stereocenters. The monoisotopic (exact) mass is 514 g/mol. The molecule has 1 aromatic rings. The van der Waals surface area contributed by atoms with Crippen molar-refractivity contribution in [3.05, 3.63) is 34.6 Å². The minimum Gasteiger partial charge on any atom is -0.465 e. The van der Waals surface area contributed by atoms with Crippen LogP contribution < -0.4 is 10.6 Å². The van der Waals surface area contributed by atoms with Crippen molar-refractivity contribution in [2.75, 3.05) is 26.2 Å². The Bertz CT molecular complexity index is 1080. The predicted octanol–water partition coefficient (Wildman–Crippen LogP) is 2.84. The number of fused-ring (bicyclic) bond motifs is 1. The lowest BCUT2D eigenvalue weighted by Crippen LogP contribution is -2.52. The molecule has 4 amide bonds. The second-order valence-corrected chi connectivity index (χ2v) is 11.1. The summed E-state index contributed by atoms with van der Waals surface area (Å²) in [6, 6.07) is 2.14. The number of imide groups is 1. The lowest BCUT2D eigenvalue weighted by atomic mass is 9.81. The number of carbonyl (C=O) groups is 4. The largest absolute Gasteiger partial charge is 0.465 e. The average Bonchev–Trinajstić information content (AvgIpc) is 3.19. The van der Waals surface area contributed by atoms with E-state index < -0.39 is 23.9 Å².